The maximum Gasteiger partial charge on any atom is 0.231 e. The van der Waals surface area contributed by atoms with Gasteiger partial charge in [0.2, 0.25) is 12.7 Å². The summed E-state index contributed by atoms with van der Waals surface area (Å²) in [7, 11) is 0. The van der Waals surface area contributed by atoms with E-state index >= 15 is 0 Å². The Bertz CT molecular complexity index is 1050. The minimum Gasteiger partial charge on any atom is -0.454 e. The Balaban J connectivity index is 1.31. The highest BCUT2D eigenvalue weighted by Crippen LogP contribution is 2.33. The highest BCUT2D eigenvalue weighted by Gasteiger charge is 2.18. The first kappa shape index (κ1) is 22.5. The van der Waals surface area contributed by atoms with Gasteiger partial charge in [0, 0.05) is 28.3 Å². The minimum absolute atomic E-state index is 0.291. The second-order valence-electron chi connectivity index (χ2n) is 8.78. The van der Waals surface area contributed by atoms with E-state index in [4.69, 9.17) is 14.0 Å². The van der Waals surface area contributed by atoms with Crippen molar-refractivity contribution in [2.75, 3.05) is 37.9 Å². The van der Waals surface area contributed by atoms with Gasteiger partial charge in [-0.15, -0.1) is 0 Å². The predicted molar refractivity (Wildman–Crippen MR) is 138 cm³/mol. The van der Waals surface area contributed by atoms with Gasteiger partial charge >= 0.3 is 0 Å². The summed E-state index contributed by atoms with van der Waals surface area (Å²) < 4.78 is 18.1. The Morgan fingerprint density at radius 1 is 0.909 bits per heavy atom. The van der Waals surface area contributed by atoms with E-state index < -0.39 is 0 Å². The van der Waals surface area contributed by atoms with E-state index in [1.54, 1.807) is 0 Å². The van der Waals surface area contributed by atoms with Crippen LogP contribution in [0.1, 0.15) is 37.7 Å². The second-order valence-corrected chi connectivity index (χ2v) is 10.0. The molecule has 2 aliphatic heterocycles. The van der Waals surface area contributed by atoms with E-state index in [1.165, 1.54) is 47.9 Å². The first-order chi connectivity index (χ1) is 16.2. The number of likely N-dealkylation sites (tertiary alicyclic amines) is 1. The van der Waals surface area contributed by atoms with Crippen LogP contribution in [-0.4, -0.2) is 43.0 Å². The van der Waals surface area contributed by atoms with Crippen LogP contribution >= 0.6 is 22.6 Å². The molecule has 0 saturated carbocycles. The van der Waals surface area contributed by atoms with Crippen molar-refractivity contribution in [3.63, 3.8) is 0 Å². The fourth-order valence-electron chi connectivity index (χ4n) is 4.54. The van der Waals surface area contributed by atoms with Gasteiger partial charge in [-0.1, -0.05) is 36.2 Å². The molecule has 0 spiro atoms. The number of benzene rings is 2. The largest absolute Gasteiger partial charge is 0.454 e. The van der Waals surface area contributed by atoms with Crippen LogP contribution in [0.2, 0.25) is 0 Å². The van der Waals surface area contributed by atoms with Crippen molar-refractivity contribution >= 4 is 28.5 Å². The molecular formula is C26H30IN3O3. The third kappa shape index (κ3) is 5.81. The summed E-state index contributed by atoms with van der Waals surface area (Å²) in [5, 5.41) is 4.37. The summed E-state index contributed by atoms with van der Waals surface area (Å²) in [5.74, 6) is 2.43. The summed E-state index contributed by atoms with van der Waals surface area (Å²) in [6.45, 7) is 5.50. The van der Waals surface area contributed by atoms with Crippen LogP contribution in [0.5, 0.6) is 11.5 Å². The number of nitrogens with zero attached hydrogens (tertiary/aromatic N) is 3. The van der Waals surface area contributed by atoms with Crippen molar-refractivity contribution in [1.82, 2.24) is 10.1 Å². The molecule has 3 heterocycles. The zero-order valence-electron chi connectivity index (χ0n) is 18.8. The van der Waals surface area contributed by atoms with E-state index in [0.29, 0.717) is 6.79 Å². The van der Waals surface area contributed by atoms with Crippen LogP contribution in [0.4, 0.5) is 5.88 Å². The summed E-state index contributed by atoms with van der Waals surface area (Å²) in [4.78, 5) is 4.90. The molecule has 0 amide bonds. The van der Waals surface area contributed by atoms with Crippen molar-refractivity contribution in [2.24, 2.45) is 0 Å². The number of rotatable bonds is 8. The van der Waals surface area contributed by atoms with Crippen LogP contribution in [0.15, 0.2) is 53.1 Å². The van der Waals surface area contributed by atoms with Gasteiger partial charge in [-0.2, -0.15) is 0 Å². The van der Waals surface area contributed by atoms with Crippen molar-refractivity contribution in [3.05, 3.63) is 57.7 Å². The van der Waals surface area contributed by atoms with Gasteiger partial charge in [-0.05, 0) is 91.3 Å². The first-order valence-electron chi connectivity index (χ1n) is 11.8. The SMILES string of the molecule is Ic1ccc(-c2cc(N(CCCN3CCCCCC3)Cc3ccc4c(c3)OCO4)on2)cc1. The highest BCUT2D eigenvalue weighted by molar-refractivity contribution is 14.1. The van der Waals surface area contributed by atoms with Crippen molar-refractivity contribution in [2.45, 2.75) is 38.6 Å². The molecular weight excluding hydrogens is 529 g/mol. The number of hydrogen-bond acceptors (Lipinski definition) is 6. The fraction of sp³-hybridized carbons (Fsp3) is 0.423. The van der Waals surface area contributed by atoms with Gasteiger partial charge in [0.25, 0.3) is 0 Å². The maximum absolute atomic E-state index is 5.84. The number of fused-ring (bicyclic) bond motifs is 1. The second kappa shape index (κ2) is 10.8. The van der Waals surface area contributed by atoms with Gasteiger partial charge < -0.3 is 23.8 Å². The van der Waals surface area contributed by atoms with Crippen LogP contribution in [0.3, 0.4) is 0 Å². The quantitative estimate of drug-likeness (QED) is 0.318. The molecule has 0 radical (unpaired) electrons. The lowest BCUT2D eigenvalue weighted by atomic mass is 10.1. The van der Waals surface area contributed by atoms with E-state index in [9.17, 15) is 0 Å². The topological polar surface area (TPSA) is 51.0 Å². The van der Waals surface area contributed by atoms with Crippen LogP contribution in [-0.2, 0) is 6.54 Å². The zero-order chi connectivity index (χ0) is 22.5. The minimum atomic E-state index is 0.291. The average Bonchev–Trinajstić information content (AvgIpc) is 3.43. The Hall–Kier alpha value is -2.26. The molecule has 33 heavy (non-hydrogen) atoms. The van der Waals surface area contributed by atoms with Gasteiger partial charge in [0.05, 0.1) is 0 Å². The highest BCUT2D eigenvalue weighted by atomic mass is 127. The summed E-state index contributed by atoms with van der Waals surface area (Å²) in [6, 6.07) is 16.6. The fourth-order valence-corrected chi connectivity index (χ4v) is 4.90. The van der Waals surface area contributed by atoms with Gasteiger partial charge in [-0.3, -0.25) is 0 Å². The van der Waals surface area contributed by atoms with Gasteiger partial charge in [0.15, 0.2) is 11.5 Å². The monoisotopic (exact) mass is 559 g/mol. The Morgan fingerprint density at radius 2 is 1.70 bits per heavy atom. The molecule has 2 aromatic carbocycles. The standard InChI is InChI=1S/C26H30IN3O3/c27-22-9-7-21(8-10-22)23-17-26(33-28-23)30(15-5-14-29-12-3-1-2-4-13-29)18-20-6-11-24-25(16-20)32-19-31-24/h6-11,16-17H,1-5,12-15,18-19H2. The molecule has 174 valence electrons. The number of hydrogen-bond donors (Lipinski definition) is 0. The molecule has 3 aromatic rings. The van der Waals surface area contributed by atoms with E-state index in [2.05, 4.69) is 80.0 Å². The summed E-state index contributed by atoms with van der Waals surface area (Å²) in [6.07, 6.45) is 6.47. The first-order valence-corrected chi connectivity index (χ1v) is 12.9. The van der Waals surface area contributed by atoms with Crippen LogP contribution in [0.25, 0.3) is 11.3 Å². The molecule has 1 aromatic heterocycles. The zero-order valence-corrected chi connectivity index (χ0v) is 21.0. The molecule has 0 atom stereocenters. The summed E-state index contributed by atoms with van der Waals surface area (Å²) >= 11 is 2.32. The molecule has 0 aliphatic carbocycles. The Kier molecular flexibility index (Phi) is 7.36. The smallest absolute Gasteiger partial charge is 0.231 e. The third-order valence-corrected chi connectivity index (χ3v) is 7.08. The normalized spacial score (nSPS) is 16.0. The van der Waals surface area contributed by atoms with Gasteiger partial charge in [0.1, 0.15) is 5.69 Å². The molecule has 2 aliphatic rings. The van der Waals surface area contributed by atoms with Crippen LogP contribution in [0, 0.1) is 3.57 Å². The van der Waals surface area contributed by atoms with Crippen LogP contribution < -0.4 is 14.4 Å². The molecule has 1 saturated heterocycles. The lowest BCUT2D eigenvalue weighted by molar-refractivity contribution is 0.174. The molecule has 6 nitrogen and oxygen atoms in total. The van der Waals surface area contributed by atoms with Crippen molar-refractivity contribution in [1.29, 1.82) is 0 Å². The number of aromatic nitrogens is 1. The molecule has 7 heteroatoms. The summed E-state index contributed by atoms with van der Waals surface area (Å²) in [5.41, 5.74) is 3.10. The lowest BCUT2D eigenvalue weighted by Crippen LogP contribution is -2.30. The lowest BCUT2D eigenvalue weighted by Gasteiger charge is -2.24. The Labute approximate surface area is 209 Å². The molecule has 0 unspecified atom stereocenters. The number of ether oxygens (including phenoxy) is 2. The molecule has 1 fully saturated rings. The number of anilines is 1. The number of halogens is 1. The van der Waals surface area contributed by atoms with Crippen molar-refractivity contribution < 1.29 is 14.0 Å². The van der Waals surface area contributed by atoms with E-state index in [1.807, 2.05) is 6.07 Å². The predicted octanol–water partition coefficient (Wildman–Crippen LogP) is 5.95. The molecule has 0 bridgehead atoms. The molecule has 0 N–H and O–H groups in total. The Morgan fingerprint density at radius 3 is 2.52 bits per heavy atom. The maximum atomic E-state index is 5.84. The average molecular weight is 559 g/mol. The molecule has 5 rings (SSSR count). The van der Waals surface area contributed by atoms with E-state index in [0.717, 1.165) is 54.7 Å². The van der Waals surface area contributed by atoms with Crippen molar-refractivity contribution in [3.8, 4) is 22.8 Å². The third-order valence-electron chi connectivity index (χ3n) is 6.36. The van der Waals surface area contributed by atoms with E-state index in [-0.39, 0.29) is 0 Å². The van der Waals surface area contributed by atoms with Gasteiger partial charge in [-0.25, -0.2) is 0 Å².